The Hall–Kier alpha value is -3.47. The van der Waals surface area contributed by atoms with Crippen LogP contribution >= 0.6 is 11.6 Å². The number of amides is 1. The van der Waals surface area contributed by atoms with Crippen LogP contribution in [0.25, 0.3) is 5.65 Å². The van der Waals surface area contributed by atoms with E-state index in [2.05, 4.69) is 30.9 Å². The highest BCUT2D eigenvalue weighted by atomic mass is 35.5. The second kappa shape index (κ2) is 8.23. The van der Waals surface area contributed by atoms with Crippen LogP contribution in [-0.2, 0) is 10.2 Å². The summed E-state index contributed by atoms with van der Waals surface area (Å²) in [7, 11) is 0. The summed E-state index contributed by atoms with van der Waals surface area (Å²) in [6.07, 6.45) is 2.53. The highest BCUT2D eigenvalue weighted by Crippen LogP contribution is 2.46. The highest BCUT2D eigenvalue weighted by molar-refractivity contribution is 6.29. The van der Waals surface area contributed by atoms with Gasteiger partial charge in [-0.25, -0.2) is 23.3 Å². The number of hydrogen-bond donors (Lipinski definition) is 3. The van der Waals surface area contributed by atoms with Crippen molar-refractivity contribution >= 4 is 47.1 Å². The Labute approximate surface area is 186 Å². The van der Waals surface area contributed by atoms with Crippen molar-refractivity contribution in [1.29, 1.82) is 5.41 Å². The van der Waals surface area contributed by atoms with Gasteiger partial charge in [0, 0.05) is 29.5 Å². The Morgan fingerprint density at radius 2 is 2.16 bits per heavy atom. The number of nitrogens with zero attached hydrogens (tertiary/aromatic N) is 5. The minimum Gasteiger partial charge on any atom is -0.324 e. The number of nitrogens with one attached hydrogen (secondary N) is 3. The Bertz CT molecular complexity index is 1240. The molecule has 1 atom stereocenters. The van der Waals surface area contributed by atoms with Crippen molar-refractivity contribution in [3.05, 3.63) is 46.5 Å². The van der Waals surface area contributed by atoms with Gasteiger partial charge < -0.3 is 10.7 Å². The maximum Gasteiger partial charge on any atom is 0.267 e. The van der Waals surface area contributed by atoms with Crippen LogP contribution in [0.3, 0.4) is 0 Å². The third-order valence-corrected chi connectivity index (χ3v) is 5.45. The van der Waals surface area contributed by atoms with Crippen LogP contribution in [-0.4, -0.2) is 37.9 Å². The van der Waals surface area contributed by atoms with Crippen molar-refractivity contribution in [2.75, 3.05) is 10.7 Å². The number of carbonyl (C=O) groups excluding carboxylic acids is 1. The zero-order chi connectivity index (χ0) is 23.0. The Kier molecular flexibility index (Phi) is 5.59. The number of alkyl halides is 2. The smallest absolute Gasteiger partial charge is 0.267 e. The van der Waals surface area contributed by atoms with Crippen LogP contribution in [0, 0.1) is 5.41 Å². The van der Waals surface area contributed by atoms with E-state index in [9.17, 15) is 13.6 Å². The van der Waals surface area contributed by atoms with Crippen LogP contribution < -0.4 is 10.7 Å². The van der Waals surface area contributed by atoms with Crippen molar-refractivity contribution in [2.45, 2.75) is 38.0 Å². The fraction of sp³-hybridized carbons (Fsp3) is 0.300. The Balaban J connectivity index is 1.63. The zero-order valence-electron chi connectivity index (χ0n) is 17.1. The first-order valence-electron chi connectivity index (χ1n) is 9.63. The Morgan fingerprint density at radius 3 is 2.88 bits per heavy atom. The topological polar surface area (TPSA) is 120 Å². The van der Waals surface area contributed by atoms with E-state index in [1.165, 1.54) is 6.20 Å². The number of fused-ring (bicyclic) bond motifs is 3. The number of hydrazone groups is 1. The molecule has 0 aromatic carbocycles. The van der Waals surface area contributed by atoms with Crippen molar-refractivity contribution in [2.24, 2.45) is 5.10 Å². The summed E-state index contributed by atoms with van der Waals surface area (Å²) in [5.74, 6) is -1.07. The summed E-state index contributed by atoms with van der Waals surface area (Å²) in [6, 6.07) is 2.79. The van der Waals surface area contributed by atoms with E-state index in [-0.39, 0.29) is 22.8 Å². The molecule has 0 saturated heterocycles. The predicted octanol–water partition coefficient (Wildman–Crippen LogP) is 4.17. The van der Waals surface area contributed by atoms with Crippen molar-refractivity contribution in [3.8, 4) is 0 Å². The van der Waals surface area contributed by atoms with E-state index in [0.717, 1.165) is 24.2 Å². The third kappa shape index (κ3) is 3.91. The summed E-state index contributed by atoms with van der Waals surface area (Å²) in [5.41, 5.74) is 3.81. The van der Waals surface area contributed by atoms with E-state index in [0.29, 0.717) is 22.8 Å². The number of rotatable bonds is 6. The first-order valence-corrected chi connectivity index (χ1v) is 10.0. The first-order chi connectivity index (χ1) is 15.2. The van der Waals surface area contributed by atoms with Gasteiger partial charge in [0.2, 0.25) is 5.91 Å². The number of pyridine rings is 1. The molecule has 1 amide bonds. The normalized spacial score (nSPS) is 17.1. The van der Waals surface area contributed by atoms with E-state index in [1.807, 2.05) is 13.8 Å². The number of anilines is 2. The largest absolute Gasteiger partial charge is 0.324 e. The van der Waals surface area contributed by atoms with Crippen LogP contribution in [0.15, 0.2) is 29.6 Å². The maximum absolute atomic E-state index is 13.5. The van der Waals surface area contributed by atoms with Crippen molar-refractivity contribution in [1.82, 2.24) is 19.6 Å². The van der Waals surface area contributed by atoms with Gasteiger partial charge in [0.25, 0.3) is 6.43 Å². The van der Waals surface area contributed by atoms with E-state index in [1.54, 1.807) is 16.8 Å². The molecule has 0 fully saturated rings. The van der Waals surface area contributed by atoms with Gasteiger partial charge in [0.1, 0.15) is 0 Å². The van der Waals surface area contributed by atoms with Crippen molar-refractivity contribution < 1.29 is 13.6 Å². The van der Waals surface area contributed by atoms with E-state index in [4.69, 9.17) is 17.0 Å². The molecule has 1 aliphatic carbocycles. The van der Waals surface area contributed by atoms with Gasteiger partial charge in [0.05, 0.1) is 35.3 Å². The molecule has 0 saturated carbocycles. The zero-order valence-corrected chi connectivity index (χ0v) is 17.9. The van der Waals surface area contributed by atoms with Crippen LogP contribution in [0.1, 0.15) is 49.4 Å². The summed E-state index contributed by atoms with van der Waals surface area (Å²) in [5, 5.41) is 17.8. The molecule has 4 rings (SSSR count). The monoisotopic (exact) mass is 460 g/mol. The second-order valence-electron chi connectivity index (χ2n) is 7.95. The fourth-order valence-electron chi connectivity index (χ4n) is 3.98. The summed E-state index contributed by atoms with van der Waals surface area (Å²) in [4.78, 5) is 21.4. The van der Waals surface area contributed by atoms with Crippen LogP contribution in [0.4, 0.5) is 20.3 Å². The average Bonchev–Trinajstić information content (AvgIpc) is 3.24. The molecule has 9 nitrogen and oxygen atoms in total. The lowest BCUT2D eigenvalue weighted by Gasteiger charge is -2.19. The molecule has 3 N–H and O–H groups in total. The van der Waals surface area contributed by atoms with Crippen LogP contribution in [0.2, 0.25) is 5.15 Å². The minimum atomic E-state index is -2.84. The summed E-state index contributed by atoms with van der Waals surface area (Å²) in [6.45, 7) is 4.00. The molecular formula is C20H19ClF2N8O. The molecule has 0 aliphatic heterocycles. The van der Waals surface area contributed by atoms with Gasteiger partial charge in [0.15, 0.2) is 16.6 Å². The number of aromatic nitrogens is 4. The molecule has 166 valence electrons. The standard InChI is InChI=1S/C20H19ClF2N8O/c1-20(2)7-12(13-9-25-15-6-14(21)30-31(15)16(13)20)19(32)28-10-5-11(17(22)23)18(26-8-10)29-27-4-3-24/h3-6,8-9,12,17,24H,7H2,1-2H3,(H,26,29)(H,28,32)/b24-3?,27-4-/t12-/m1/s1. The minimum absolute atomic E-state index is 0.134. The van der Waals surface area contributed by atoms with E-state index >= 15 is 0 Å². The molecule has 0 spiro atoms. The molecule has 0 radical (unpaired) electrons. The predicted molar refractivity (Wildman–Crippen MR) is 117 cm³/mol. The quantitative estimate of drug-likeness (QED) is 0.376. The number of halogens is 3. The lowest BCUT2D eigenvalue weighted by atomic mass is 9.88. The third-order valence-electron chi connectivity index (χ3n) is 5.27. The van der Waals surface area contributed by atoms with Gasteiger partial charge in [-0.2, -0.15) is 10.2 Å². The van der Waals surface area contributed by atoms with Gasteiger partial charge >= 0.3 is 0 Å². The molecule has 1 aliphatic rings. The lowest BCUT2D eigenvalue weighted by molar-refractivity contribution is -0.117. The lowest BCUT2D eigenvalue weighted by Crippen LogP contribution is -2.22. The summed E-state index contributed by atoms with van der Waals surface area (Å²) >= 11 is 6.03. The molecular weight excluding hydrogens is 442 g/mol. The molecule has 3 aromatic rings. The highest BCUT2D eigenvalue weighted by Gasteiger charge is 2.43. The molecule has 3 heterocycles. The molecule has 0 bridgehead atoms. The van der Waals surface area contributed by atoms with Gasteiger partial charge in [-0.15, -0.1) is 0 Å². The SMILES string of the molecule is CC1(C)C[C@@H](C(=O)Nc2cnc(N/N=C\C=N)c(C(F)F)c2)c2cnc3cc(Cl)nn3c21. The number of hydrogen-bond acceptors (Lipinski definition) is 7. The maximum atomic E-state index is 13.5. The molecule has 32 heavy (non-hydrogen) atoms. The first kappa shape index (κ1) is 21.8. The van der Waals surface area contributed by atoms with Crippen molar-refractivity contribution in [3.63, 3.8) is 0 Å². The molecule has 3 aromatic heterocycles. The van der Waals surface area contributed by atoms with Crippen LogP contribution in [0.5, 0.6) is 0 Å². The molecule has 0 unspecified atom stereocenters. The van der Waals surface area contributed by atoms with Gasteiger partial charge in [-0.3, -0.25) is 10.2 Å². The second-order valence-corrected chi connectivity index (χ2v) is 8.34. The number of carbonyl (C=O) groups is 1. The fourth-order valence-corrected chi connectivity index (χ4v) is 4.15. The summed E-state index contributed by atoms with van der Waals surface area (Å²) < 4.78 is 28.6. The van der Waals surface area contributed by atoms with E-state index < -0.39 is 17.9 Å². The Morgan fingerprint density at radius 1 is 1.38 bits per heavy atom. The average molecular weight is 461 g/mol. The van der Waals surface area contributed by atoms with Gasteiger partial charge in [-0.1, -0.05) is 25.4 Å². The molecule has 12 heteroatoms. The van der Waals surface area contributed by atoms with Gasteiger partial charge in [-0.05, 0) is 12.5 Å².